The number of carbonyl (C=O) groups excluding carboxylic acids is 1. The first-order valence-corrected chi connectivity index (χ1v) is 7.29. The molecule has 0 saturated heterocycles. The van der Waals surface area contributed by atoms with Crippen molar-refractivity contribution in [2.45, 2.75) is 26.2 Å². The summed E-state index contributed by atoms with van der Waals surface area (Å²) in [5.41, 5.74) is 0. The average Bonchev–Trinajstić information content (AvgIpc) is 2.28. The highest BCUT2D eigenvalue weighted by Crippen LogP contribution is 2.15. The van der Waals surface area contributed by atoms with Crippen molar-refractivity contribution in [2.24, 2.45) is 0 Å². The van der Waals surface area contributed by atoms with E-state index >= 15 is 0 Å². The van der Waals surface area contributed by atoms with Crippen LogP contribution in [0.2, 0.25) is 0 Å². The number of esters is 1. The second-order valence-electron chi connectivity index (χ2n) is 3.92. The van der Waals surface area contributed by atoms with Crippen LogP contribution in [0.5, 0.6) is 5.75 Å². The van der Waals surface area contributed by atoms with Gasteiger partial charge in [-0.3, -0.25) is 0 Å². The van der Waals surface area contributed by atoms with Crippen molar-refractivity contribution in [3.63, 3.8) is 0 Å². The van der Waals surface area contributed by atoms with Gasteiger partial charge in [-0.05, 0) is 26.0 Å². The van der Waals surface area contributed by atoms with E-state index in [2.05, 4.69) is 5.09 Å². The van der Waals surface area contributed by atoms with Gasteiger partial charge < -0.3 is 9.47 Å². The van der Waals surface area contributed by atoms with Crippen LogP contribution in [0.15, 0.2) is 30.3 Å². The molecular formula is C12H17NO4P+. The van der Waals surface area contributed by atoms with Crippen LogP contribution in [0, 0.1) is 0 Å². The largest absolute Gasteiger partial charge is 0.460 e. The van der Waals surface area contributed by atoms with Crippen LogP contribution < -0.4 is 9.82 Å². The molecule has 98 valence electrons. The number of hydrogen-bond donors (Lipinski definition) is 1. The Labute approximate surface area is 107 Å². The number of nitrogens with one attached hydrogen (secondary N) is 1. The molecule has 2 atom stereocenters. The van der Waals surface area contributed by atoms with E-state index in [1.54, 1.807) is 38.1 Å². The predicted molar refractivity (Wildman–Crippen MR) is 68.8 cm³/mol. The average molecular weight is 270 g/mol. The summed E-state index contributed by atoms with van der Waals surface area (Å²) in [4.78, 5) is 11.8. The van der Waals surface area contributed by atoms with Crippen LogP contribution in [0.1, 0.15) is 13.8 Å². The molecular weight excluding hydrogens is 253 g/mol. The number of benzene rings is 1. The third kappa shape index (κ3) is 5.25. The van der Waals surface area contributed by atoms with Gasteiger partial charge in [-0.1, -0.05) is 27.9 Å². The molecule has 0 radical (unpaired) electrons. The standard InChI is InChI=1S/C12H17NO4P/c1-9(2)16-12(14)11(13-18(3)15)17-10-7-5-4-6-8-10/h4-9,11H,1-3H3,(H,13,15)/q+1/t11-/m0/s1. The summed E-state index contributed by atoms with van der Waals surface area (Å²) >= 11 is 0. The SMILES string of the molecule is CC(C)OC(=O)[C@@H](N[P+](C)=O)Oc1ccccc1. The summed E-state index contributed by atoms with van der Waals surface area (Å²) in [6.45, 7) is 4.94. The first-order chi connectivity index (χ1) is 8.49. The van der Waals surface area contributed by atoms with E-state index in [1.807, 2.05) is 6.07 Å². The van der Waals surface area contributed by atoms with Crippen molar-refractivity contribution in [3.8, 4) is 5.75 Å². The zero-order valence-electron chi connectivity index (χ0n) is 10.6. The Morgan fingerprint density at radius 2 is 1.89 bits per heavy atom. The zero-order chi connectivity index (χ0) is 13.5. The maximum Gasteiger partial charge on any atom is 0.433 e. The van der Waals surface area contributed by atoms with E-state index in [0.29, 0.717) is 5.75 Å². The molecule has 0 bridgehead atoms. The summed E-state index contributed by atoms with van der Waals surface area (Å²) in [6.07, 6.45) is -1.32. The molecule has 1 unspecified atom stereocenters. The molecule has 0 heterocycles. The Hall–Kier alpha value is -1.45. The van der Waals surface area contributed by atoms with Crippen LogP contribution in [-0.2, 0) is 14.1 Å². The predicted octanol–water partition coefficient (Wildman–Crippen LogP) is 2.30. The van der Waals surface area contributed by atoms with Gasteiger partial charge in [0.15, 0.2) is 6.66 Å². The fourth-order valence-corrected chi connectivity index (χ4v) is 1.71. The highest BCUT2D eigenvalue weighted by Gasteiger charge is 2.29. The zero-order valence-corrected chi connectivity index (χ0v) is 11.5. The maximum absolute atomic E-state index is 11.8. The Morgan fingerprint density at radius 3 is 2.39 bits per heavy atom. The number of hydrogen-bond acceptors (Lipinski definition) is 4. The molecule has 0 amide bonds. The third-order valence-corrected chi connectivity index (χ3v) is 2.46. The van der Waals surface area contributed by atoms with Crippen LogP contribution in [0.4, 0.5) is 0 Å². The Balaban J connectivity index is 2.72. The van der Waals surface area contributed by atoms with Crippen molar-refractivity contribution >= 4 is 13.9 Å². The van der Waals surface area contributed by atoms with Gasteiger partial charge in [-0.25, -0.2) is 4.79 Å². The summed E-state index contributed by atoms with van der Waals surface area (Å²) in [6, 6.07) is 8.82. The monoisotopic (exact) mass is 270 g/mol. The summed E-state index contributed by atoms with van der Waals surface area (Å²) in [5.74, 6) is -0.0772. The molecule has 18 heavy (non-hydrogen) atoms. The van der Waals surface area contributed by atoms with Gasteiger partial charge in [0.25, 0.3) is 6.23 Å². The van der Waals surface area contributed by atoms with E-state index in [1.165, 1.54) is 6.66 Å². The fourth-order valence-electron chi connectivity index (χ4n) is 1.22. The molecule has 0 aliphatic rings. The smallest absolute Gasteiger partial charge is 0.433 e. The molecule has 1 aromatic carbocycles. The van der Waals surface area contributed by atoms with Crippen molar-refractivity contribution in [3.05, 3.63) is 30.3 Å². The summed E-state index contributed by atoms with van der Waals surface area (Å²) < 4.78 is 21.6. The van der Waals surface area contributed by atoms with Gasteiger partial charge in [-0.15, -0.1) is 0 Å². The molecule has 1 aromatic rings. The van der Waals surface area contributed by atoms with Gasteiger partial charge >= 0.3 is 13.9 Å². The van der Waals surface area contributed by atoms with Crippen molar-refractivity contribution in [1.82, 2.24) is 5.09 Å². The molecule has 6 heteroatoms. The first kappa shape index (κ1) is 14.6. The quantitative estimate of drug-likeness (QED) is 0.488. The summed E-state index contributed by atoms with van der Waals surface area (Å²) in [7, 11) is -1.72. The van der Waals surface area contributed by atoms with Gasteiger partial charge in [0.05, 0.1) is 6.10 Å². The van der Waals surface area contributed by atoms with Crippen LogP contribution in [0.25, 0.3) is 0 Å². The molecule has 0 fully saturated rings. The lowest BCUT2D eigenvalue weighted by Crippen LogP contribution is -2.40. The second-order valence-corrected chi connectivity index (χ2v) is 5.18. The van der Waals surface area contributed by atoms with Crippen LogP contribution in [-0.4, -0.2) is 25.0 Å². The minimum atomic E-state index is -1.72. The first-order valence-electron chi connectivity index (χ1n) is 5.58. The van der Waals surface area contributed by atoms with Gasteiger partial charge in [0.2, 0.25) is 0 Å². The maximum atomic E-state index is 11.8. The second kappa shape index (κ2) is 7.09. The van der Waals surface area contributed by atoms with E-state index in [9.17, 15) is 9.36 Å². The highest BCUT2D eigenvalue weighted by molar-refractivity contribution is 7.41. The normalized spacial score (nSPS) is 13.0. The van der Waals surface area contributed by atoms with E-state index in [0.717, 1.165) is 0 Å². The van der Waals surface area contributed by atoms with Crippen molar-refractivity contribution in [2.75, 3.05) is 6.66 Å². The number of ether oxygens (including phenoxy) is 2. The lowest BCUT2D eigenvalue weighted by molar-refractivity contribution is -0.156. The summed E-state index contributed by atoms with van der Waals surface area (Å²) in [5, 5.41) is 2.55. The Kier molecular flexibility index (Phi) is 5.75. The van der Waals surface area contributed by atoms with Crippen LogP contribution >= 0.6 is 7.95 Å². The Morgan fingerprint density at radius 1 is 1.28 bits per heavy atom. The minimum absolute atomic E-state index is 0.254. The fraction of sp³-hybridized carbons (Fsp3) is 0.417. The van der Waals surface area contributed by atoms with Gasteiger partial charge in [0, 0.05) is 0 Å². The molecule has 1 rings (SSSR count). The minimum Gasteiger partial charge on any atom is -0.460 e. The molecule has 0 spiro atoms. The lowest BCUT2D eigenvalue weighted by atomic mass is 10.3. The highest BCUT2D eigenvalue weighted by atomic mass is 31.1. The van der Waals surface area contributed by atoms with E-state index < -0.39 is 20.1 Å². The van der Waals surface area contributed by atoms with Crippen molar-refractivity contribution in [1.29, 1.82) is 0 Å². The third-order valence-electron chi connectivity index (χ3n) is 1.86. The number of para-hydroxylation sites is 1. The molecule has 0 aliphatic heterocycles. The van der Waals surface area contributed by atoms with Gasteiger partial charge in [-0.2, -0.15) is 0 Å². The molecule has 0 saturated carbocycles. The van der Waals surface area contributed by atoms with Crippen molar-refractivity contribution < 1.29 is 18.8 Å². The molecule has 1 N–H and O–H groups in total. The van der Waals surface area contributed by atoms with Gasteiger partial charge in [0.1, 0.15) is 5.75 Å². The Bertz CT molecular complexity index is 408. The number of rotatable bonds is 6. The van der Waals surface area contributed by atoms with Crippen LogP contribution in [0.3, 0.4) is 0 Å². The molecule has 0 aromatic heterocycles. The van der Waals surface area contributed by atoms with E-state index in [-0.39, 0.29) is 6.10 Å². The lowest BCUT2D eigenvalue weighted by Gasteiger charge is -2.16. The van der Waals surface area contributed by atoms with E-state index in [4.69, 9.17) is 9.47 Å². The number of carbonyl (C=O) groups is 1. The molecule has 0 aliphatic carbocycles. The molecule has 5 nitrogen and oxygen atoms in total. The topological polar surface area (TPSA) is 64.6 Å².